The third-order valence-corrected chi connectivity index (χ3v) is 4.40. The summed E-state index contributed by atoms with van der Waals surface area (Å²) in [6.45, 7) is 0.939. The largest absolute Gasteiger partial charge is 0.454 e. The molecule has 1 heterocycles. The molecule has 1 aliphatic heterocycles. The Morgan fingerprint density at radius 2 is 1.64 bits per heavy atom. The molecule has 1 saturated heterocycles. The second kappa shape index (κ2) is 8.59. The third kappa shape index (κ3) is 4.77. The molecule has 25 heavy (non-hydrogen) atoms. The topological polar surface area (TPSA) is 122 Å². The van der Waals surface area contributed by atoms with Gasteiger partial charge in [-0.1, -0.05) is 12.8 Å². The van der Waals surface area contributed by atoms with Crippen molar-refractivity contribution in [3.05, 3.63) is 0 Å². The van der Waals surface area contributed by atoms with Crippen molar-refractivity contribution in [3.63, 3.8) is 0 Å². The Labute approximate surface area is 145 Å². The second-order valence-corrected chi connectivity index (χ2v) is 6.15. The number of nitrogens with one attached hydrogen (secondary N) is 2. The first-order chi connectivity index (χ1) is 11.9. The van der Waals surface area contributed by atoms with Gasteiger partial charge in [0.15, 0.2) is 6.61 Å². The summed E-state index contributed by atoms with van der Waals surface area (Å²) in [5.41, 5.74) is 0. The molecule has 0 spiro atoms. The molecule has 9 heteroatoms. The minimum Gasteiger partial charge on any atom is -0.454 e. The molecular formula is C16H23N3O6. The number of amides is 4. The lowest BCUT2D eigenvalue weighted by Crippen LogP contribution is -2.40. The Balaban J connectivity index is 1.75. The van der Waals surface area contributed by atoms with E-state index >= 15 is 0 Å². The zero-order valence-electron chi connectivity index (χ0n) is 14.2. The summed E-state index contributed by atoms with van der Waals surface area (Å²) in [6, 6.07) is 0. The van der Waals surface area contributed by atoms with Crippen LogP contribution in [0, 0.1) is 11.8 Å². The van der Waals surface area contributed by atoms with Gasteiger partial charge in [-0.05, 0) is 19.8 Å². The van der Waals surface area contributed by atoms with Gasteiger partial charge >= 0.3 is 5.97 Å². The number of imide groups is 1. The number of hydrogen-bond donors (Lipinski definition) is 2. The van der Waals surface area contributed by atoms with Crippen LogP contribution < -0.4 is 10.6 Å². The Bertz CT molecular complexity index is 552. The van der Waals surface area contributed by atoms with E-state index in [-0.39, 0.29) is 36.1 Å². The molecule has 2 fully saturated rings. The van der Waals surface area contributed by atoms with Crippen LogP contribution in [0.1, 0.15) is 32.6 Å². The van der Waals surface area contributed by atoms with E-state index in [0.29, 0.717) is 19.4 Å². The predicted octanol–water partition coefficient (Wildman–Crippen LogP) is -1.04. The number of esters is 1. The SMILES string of the molecule is CCNC(=O)CNC(=O)COC(=O)CN1C(=O)[C@@H]2CCCC[C@H]2C1=O. The van der Waals surface area contributed by atoms with E-state index in [4.69, 9.17) is 4.74 Å². The number of ether oxygens (including phenoxy) is 1. The minimum atomic E-state index is -0.825. The maximum absolute atomic E-state index is 12.2. The van der Waals surface area contributed by atoms with Gasteiger partial charge in [-0.15, -0.1) is 0 Å². The van der Waals surface area contributed by atoms with Crippen molar-refractivity contribution >= 4 is 29.6 Å². The highest BCUT2D eigenvalue weighted by Gasteiger charge is 2.48. The van der Waals surface area contributed by atoms with Crippen LogP contribution >= 0.6 is 0 Å². The molecule has 2 atom stereocenters. The molecule has 0 bridgehead atoms. The van der Waals surface area contributed by atoms with Gasteiger partial charge in [0.05, 0.1) is 18.4 Å². The van der Waals surface area contributed by atoms with E-state index in [0.717, 1.165) is 17.7 Å². The number of nitrogens with zero attached hydrogens (tertiary/aromatic N) is 1. The number of carbonyl (C=O) groups is 5. The van der Waals surface area contributed by atoms with Crippen molar-refractivity contribution in [2.24, 2.45) is 11.8 Å². The Hall–Kier alpha value is -2.45. The number of carbonyl (C=O) groups excluding carboxylic acids is 5. The van der Waals surface area contributed by atoms with Crippen LogP contribution in [0.2, 0.25) is 0 Å². The van der Waals surface area contributed by atoms with Gasteiger partial charge in [-0.2, -0.15) is 0 Å². The van der Waals surface area contributed by atoms with Crippen LogP contribution in [0.3, 0.4) is 0 Å². The van der Waals surface area contributed by atoms with Gasteiger partial charge < -0.3 is 15.4 Å². The summed E-state index contributed by atoms with van der Waals surface area (Å²) in [5, 5.41) is 4.80. The normalized spacial score (nSPS) is 22.4. The average Bonchev–Trinajstić information content (AvgIpc) is 2.84. The smallest absolute Gasteiger partial charge is 0.326 e. The van der Waals surface area contributed by atoms with Crippen LogP contribution in [-0.4, -0.2) is 60.7 Å². The fourth-order valence-electron chi connectivity index (χ4n) is 3.20. The van der Waals surface area contributed by atoms with E-state index in [1.165, 1.54) is 0 Å². The fourth-order valence-corrected chi connectivity index (χ4v) is 3.20. The molecular weight excluding hydrogens is 330 g/mol. The van der Waals surface area contributed by atoms with Gasteiger partial charge in [0.1, 0.15) is 6.54 Å². The summed E-state index contributed by atoms with van der Waals surface area (Å²) < 4.78 is 4.78. The summed E-state index contributed by atoms with van der Waals surface area (Å²) in [6.07, 6.45) is 3.15. The highest BCUT2D eigenvalue weighted by Crippen LogP contribution is 2.37. The molecule has 4 amide bonds. The van der Waals surface area contributed by atoms with Crippen LogP contribution in [0.4, 0.5) is 0 Å². The summed E-state index contributed by atoms with van der Waals surface area (Å²) >= 11 is 0. The number of likely N-dealkylation sites (tertiary alicyclic amines) is 1. The minimum absolute atomic E-state index is 0.212. The molecule has 0 aromatic carbocycles. The van der Waals surface area contributed by atoms with Gasteiger partial charge in [-0.3, -0.25) is 28.9 Å². The standard InChI is InChI=1S/C16H23N3O6/c1-2-17-12(20)7-18-13(21)9-25-14(22)8-19-15(23)10-5-3-4-6-11(10)16(19)24/h10-11H,2-9H2,1H3,(H,17,20)(H,18,21)/t10-,11-/m1/s1. The Kier molecular flexibility index (Phi) is 6.49. The lowest BCUT2D eigenvalue weighted by Gasteiger charge is -2.19. The first kappa shape index (κ1) is 18.9. The van der Waals surface area contributed by atoms with Crippen LogP contribution in [0.15, 0.2) is 0 Å². The monoisotopic (exact) mass is 353 g/mol. The summed E-state index contributed by atoms with van der Waals surface area (Å²) in [7, 11) is 0. The third-order valence-electron chi connectivity index (χ3n) is 4.40. The Morgan fingerprint density at radius 3 is 2.20 bits per heavy atom. The molecule has 2 aliphatic rings. The van der Waals surface area contributed by atoms with Crippen molar-refractivity contribution in [2.75, 3.05) is 26.2 Å². The van der Waals surface area contributed by atoms with E-state index in [2.05, 4.69) is 10.6 Å². The maximum Gasteiger partial charge on any atom is 0.326 e. The van der Waals surface area contributed by atoms with Crippen molar-refractivity contribution in [2.45, 2.75) is 32.6 Å². The maximum atomic E-state index is 12.2. The molecule has 1 saturated carbocycles. The molecule has 0 unspecified atom stereocenters. The molecule has 138 valence electrons. The highest BCUT2D eigenvalue weighted by molar-refractivity contribution is 6.07. The molecule has 9 nitrogen and oxygen atoms in total. The number of hydrogen-bond acceptors (Lipinski definition) is 6. The van der Waals surface area contributed by atoms with Crippen LogP contribution in [0.25, 0.3) is 0 Å². The summed E-state index contributed by atoms with van der Waals surface area (Å²) in [5.74, 6) is -3.11. The van der Waals surface area contributed by atoms with Crippen LogP contribution in [0.5, 0.6) is 0 Å². The fraction of sp³-hybridized carbons (Fsp3) is 0.688. The van der Waals surface area contributed by atoms with Gasteiger partial charge in [0.25, 0.3) is 5.91 Å². The van der Waals surface area contributed by atoms with Crippen molar-refractivity contribution in [3.8, 4) is 0 Å². The Morgan fingerprint density at radius 1 is 1.04 bits per heavy atom. The van der Waals surface area contributed by atoms with Gasteiger partial charge in [0, 0.05) is 6.54 Å². The van der Waals surface area contributed by atoms with E-state index < -0.39 is 25.0 Å². The molecule has 0 aromatic heterocycles. The molecule has 1 aliphatic carbocycles. The van der Waals surface area contributed by atoms with Crippen LogP contribution in [-0.2, 0) is 28.7 Å². The molecule has 2 rings (SSSR count). The highest BCUT2D eigenvalue weighted by atomic mass is 16.5. The van der Waals surface area contributed by atoms with Gasteiger partial charge in [0.2, 0.25) is 17.7 Å². The quantitative estimate of drug-likeness (QED) is 0.445. The molecule has 2 N–H and O–H groups in total. The number of likely N-dealkylation sites (N-methyl/N-ethyl adjacent to an activating group) is 1. The molecule has 0 aromatic rings. The van der Waals surface area contributed by atoms with Crippen molar-refractivity contribution in [1.82, 2.24) is 15.5 Å². The number of fused-ring (bicyclic) bond motifs is 1. The van der Waals surface area contributed by atoms with E-state index in [1.54, 1.807) is 6.92 Å². The number of rotatable bonds is 7. The second-order valence-electron chi connectivity index (χ2n) is 6.15. The average molecular weight is 353 g/mol. The first-order valence-corrected chi connectivity index (χ1v) is 8.48. The lowest BCUT2D eigenvalue weighted by molar-refractivity contribution is -0.155. The van der Waals surface area contributed by atoms with Gasteiger partial charge in [-0.25, -0.2) is 0 Å². The zero-order valence-corrected chi connectivity index (χ0v) is 14.2. The van der Waals surface area contributed by atoms with E-state index in [9.17, 15) is 24.0 Å². The van der Waals surface area contributed by atoms with Crippen molar-refractivity contribution < 1.29 is 28.7 Å². The predicted molar refractivity (Wildman–Crippen MR) is 84.8 cm³/mol. The van der Waals surface area contributed by atoms with E-state index in [1.807, 2.05) is 0 Å². The zero-order chi connectivity index (χ0) is 18.4. The summed E-state index contributed by atoms with van der Waals surface area (Å²) in [4.78, 5) is 59.9. The molecule has 0 radical (unpaired) electrons. The lowest BCUT2D eigenvalue weighted by atomic mass is 9.81. The first-order valence-electron chi connectivity index (χ1n) is 8.48. The van der Waals surface area contributed by atoms with Crippen molar-refractivity contribution in [1.29, 1.82) is 0 Å².